The van der Waals surface area contributed by atoms with Crippen molar-refractivity contribution in [2.24, 2.45) is 0 Å². The molecule has 1 aromatic heterocycles. The van der Waals surface area contributed by atoms with Crippen molar-refractivity contribution in [1.82, 2.24) is 14.9 Å². The highest BCUT2D eigenvalue weighted by atomic mass is 127. The van der Waals surface area contributed by atoms with Crippen LogP contribution < -0.4 is 5.32 Å². The summed E-state index contributed by atoms with van der Waals surface area (Å²) in [7, 11) is 0. The van der Waals surface area contributed by atoms with Gasteiger partial charge in [-0.3, -0.25) is 0 Å². The van der Waals surface area contributed by atoms with E-state index in [-0.39, 0.29) is 0 Å². The van der Waals surface area contributed by atoms with E-state index in [0.717, 1.165) is 9.53 Å². The Morgan fingerprint density at radius 3 is 2.93 bits per heavy atom. The fourth-order valence-electron chi connectivity index (χ4n) is 1.32. The largest absolute Gasteiger partial charge is 0.465 e. The number of aromatic nitrogens is 2. The Labute approximate surface area is 102 Å². The zero-order chi connectivity index (χ0) is 11.4. The van der Waals surface area contributed by atoms with Crippen LogP contribution in [0.5, 0.6) is 0 Å². The number of amides is 1. The molecule has 0 aliphatic rings. The summed E-state index contributed by atoms with van der Waals surface area (Å²) in [6.07, 6.45) is 0.940. The number of nitrogens with one attached hydrogen (secondary N) is 1. The van der Waals surface area contributed by atoms with Gasteiger partial charge in [-0.15, -0.1) is 0 Å². The first-order chi connectivity index (χ1) is 7.00. The van der Waals surface area contributed by atoms with Crippen LogP contribution in [0.1, 0.15) is 25.6 Å². The van der Waals surface area contributed by atoms with Gasteiger partial charge in [0.05, 0.1) is 0 Å². The normalized spacial score (nSPS) is 10.7. The number of imidazole rings is 1. The van der Waals surface area contributed by atoms with Gasteiger partial charge in [0.1, 0.15) is 9.53 Å². The molecule has 0 spiro atoms. The molecule has 5 nitrogen and oxygen atoms in total. The second-order valence-corrected chi connectivity index (χ2v) is 4.61. The molecular formula is C9H14IN3O2. The second kappa shape index (κ2) is 5.34. The van der Waals surface area contributed by atoms with Crippen molar-refractivity contribution in [3.8, 4) is 0 Å². The standard InChI is InChI=1S/C9H14IN3O2/c1-6(2)8-12-7(10)5-13(8)4-3-11-9(14)15/h5-6,11H,3-4H2,1-2H3,(H,14,15). The van der Waals surface area contributed by atoms with E-state index in [1.54, 1.807) is 0 Å². The number of rotatable bonds is 4. The third-order valence-corrected chi connectivity index (χ3v) is 2.44. The molecule has 15 heavy (non-hydrogen) atoms. The summed E-state index contributed by atoms with van der Waals surface area (Å²) in [6, 6.07) is 0. The lowest BCUT2D eigenvalue weighted by Crippen LogP contribution is -2.25. The minimum absolute atomic E-state index is 0.346. The quantitative estimate of drug-likeness (QED) is 0.832. The molecule has 0 aromatic carbocycles. The zero-order valence-corrected chi connectivity index (χ0v) is 10.9. The van der Waals surface area contributed by atoms with Gasteiger partial charge in [-0.25, -0.2) is 9.78 Å². The van der Waals surface area contributed by atoms with Crippen molar-refractivity contribution in [2.45, 2.75) is 26.3 Å². The van der Waals surface area contributed by atoms with Crippen molar-refractivity contribution >= 4 is 28.7 Å². The lowest BCUT2D eigenvalue weighted by Gasteiger charge is -2.09. The van der Waals surface area contributed by atoms with Crippen molar-refractivity contribution in [2.75, 3.05) is 6.54 Å². The summed E-state index contributed by atoms with van der Waals surface area (Å²) in [4.78, 5) is 14.7. The maximum absolute atomic E-state index is 10.3. The van der Waals surface area contributed by atoms with Gasteiger partial charge >= 0.3 is 6.09 Å². The van der Waals surface area contributed by atoms with E-state index in [4.69, 9.17) is 5.11 Å². The van der Waals surface area contributed by atoms with Crippen molar-refractivity contribution in [3.63, 3.8) is 0 Å². The Hall–Kier alpha value is -0.790. The number of carboxylic acid groups (broad SMARTS) is 1. The van der Waals surface area contributed by atoms with Gasteiger partial charge in [0.15, 0.2) is 0 Å². The molecule has 1 rings (SSSR count). The molecule has 0 atom stereocenters. The van der Waals surface area contributed by atoms with Crippen LogP contribution >= 0.6 is 22.6 Å². The minimum Gasteiger partial charge on any atom is -0.465 e. The molecule has 0 fully saturated rings. The van der Waals surface area contributed by atoms with Crippen molar-refractivity contribution in [1.29, 1.82) is 0 Å². The summed E-state index contributed by atoms with van der Waals surface area (Å²) in [6.45, 7) is 5.16. The van der Waals surface area contributed by atoms with Gasteiger partial charge in [-0.1, -0.05) is 13.8 Å². The maximum atomic E-state index is 10.3. The molecule has 0 unspecified atom stereocenters. The molecule has 1 amide bonds. The number of hydrogen-bond donors (Lipinski definition) is 2. The van der Waals surface area contributed by atoms with Gasteiger partial charge < -0.3 is 15.0 Å². The Morgan fingerprint density at radius 1 is 1.73 bits per heavy atom. The molecule has 2 N–H and O–H groups in total. The molecule has 0 radical (unpaired) electrons. The van der Waals surface area contributed by atoms with Crippen molar-refractivity contribution < 1.29 is 9.90 Å². The van der Waals surface area contributed by atoms with Crippen LogP contribution in [-0.4, -0.2) is 27.3 Å². The number of carbonyl (C=O) groups is 1. The van der Waals surface area contributed by atoms with Crippen LogP contribution in [0.2, 0.25) is 0 Å². The lowest BCUT2D eigenvalue weighted by atomic mass is 10.2. The van der Waals surface area contributed by atoms with Gasteiger partial charge in [0.25, 0.3) is 0 Å². The molecule has 1 aromatic rings. The first-order valence-corrected chi connectivity index (χ1v) is 5.78. The van der Waals surface area contributed by atoms with Gasteiger partial charge in [-0.05, 0) is 22.6 Å². The van der Waals surface area contributed by atoms with E-state index in [9.17, 15) is 4.79 Å². The van der Waals surface area contributed by atoms with E-state index >= 15 is 0 Å². The van der Waals surface area contributed by atoms with E-state index in [1.165, 1.54) is 0 Å². The number of halogens is 1. The predicted octanol–water partition coefficient (Wildman–Crippen LogP) is 1.88. The molecule has 0 aliphatic carbocycles. The van der Waals surface area contributed by atoms with Gasteiger partial charge in [0, 0.05) is 25.2 Å². The Bertz CT molecular complexity index is 349. The minimum atomic E-state index is -0.990. The van der Waals surface area contributed by atoms with Crippen LogP contribution in [0.3, 0.4) is 0 Å². The highest BCUT2D eigenvalue weighted by Crippen LogP contribution is 2.15. The lowest BCUT2D eigenvalue weighted by molar-refractivity contribution is 0.194. The SMILES string of the molecule is CC(C)c1nc(I)cn1CCNC(=O)O. The average Bonchev–Trinajstić information content (AvgIpc) is 2.46. The fourth-order valence-corrected chi connectivity index (χ4v) is 1.90. The number of nitrogens with zero attached hydrogens (tertiary/aromatic N) is 2. The molecule has 84 valence electrons. The monoisotopic (exact) mass is 323 g/mol. The highest BCUT2D eigenvalue weighted by molar-refractivity contribution is 14.1. The van der Waals surface area contributed by atoms with Gasteiger partial charge in [-0.2, -0.15) is 0 Å². The van der Waals surface area contributed by atoms with E-state index in [2.05, 4.69) is 46.7 Å². The first kappa shape index (κ1) is 12.3. The third-order valence-electron chi connectivity index (χ3n) is 1.92. The Kier molecular flexibility index (Phi) is 4.37. The molecule has 1 heterocycles. The summed E-state index contributed by atoms with van der Waals surface area (Å²) >= 11 is 2.16. The molecule has 0 aliphatic heterocycles. The fraction of sp³-hybridized carbons (Fsp3) is 0.556. The Balaban J connectivity index is 2.63. The van der Waals surface area contributed by atoms with Crippen LogP contribution in [-0.2, 0) is 6.54 Å². The molecule has 0 bridgehead atoms. The number of hydrogen-bond acceptors (Lipinski definition) is 2. The Morgan fingerprint density at radius 2 is 2.40 bits per heavy atom. The summed E-state index contributed by atoms with van der Waals surface area (Å²) in [5.41, 5.74) is 0. The summed E-state index contributed by atoms with van der Waals surface area (Å²) in [5, 5.41) is 10.8. The topological polar surface area (TPSA) is 67.2 Å². The maximum Gasteiger partial charge on any atom is 0.404 e. The summed E-state index contributed by atoms with van der Waals surface area (Å²) < 4.78 is 2.93. The molecule has 0 saturated heterocycles. The summed E-state index contributed by atoms with van der Waals surface area (Å²) in [5.74, 6) is 1.34. The van der Waals surface area contributed by atoms with E-state index < -0.39 is 6.09 Å². The average molecular weight is 323 g/mol. The van der Waals surface area contributed by atoms with Crippen LogP contribution in [0.4, 0.5) is 4.79 Å². The first-order valence-electron chi connectivity index (χ1n) is 4.70. The predicted molar refractivity (Wildman–Crippen MR) is 65.1 cm³/mol. The van der Waals surface area contributed by atoms with E-state index in [1.807, 2.05) is 10.8 Å². The molecule has 6 heteroatoms. The van der Waals surface area contributed by atoms with Crippen LogP contribution in [0.25, 0.3) is 0 Å². The third kappa shape index (κ3) is 3.69. The smallest absolute Gasteiger partial charge is 0.404 e. The zero-order valence-electron chi connectivity index (χ0n) is 8.70. The van der Waals surface area contributed by atoms with Crippen LogP contribution in [0, 0.1) is 3.70 Å². The van der Waals surface area contributed by atoms with Crippen LogP contribution in [0.15, 0.2) is 6.20 Å². The highest BCUT2D eigenvalue weighted by Gasteiger charge is 2.09. The van der Waals surface area contributed by atoms with E-state index in [0.29, 0.717) is 19.0 Å². The molecular weight excluding hydrogens is 309 g/mol. The second-order valence-electron chi connectivity index (χ2n) is 3.50. The van der Waals surface area contributed by atoms with Gasteiger partial charge in [0.2, 0.25) is 0 Å². The van der Waals surface area contributed by atoms with Crippen molar-refractivity contribution in [3.05, 3.63) is 15.7 Å². The molecule has 0 saturated carbocycles.